The van der Waals surface area contributed by atoms with E-state index < -0.39 is 6.03 Å². The van der Waals surface area contributed by atoms with Crippen LogP contribution in [-0.2, 0) is 0 Å². The SMILES string of the molecule is CCC(/C=N\NC(N)=O)c1ccccc1. The second-order valence-corrected chi connectivity index (χ2v) is 3.18. The molecule has 15 heavy (non-hydrogen) atoms. The van der Waals surface area contributed by atoms with E-state index in [1.165, 1.54) is 5.56 Å². The maximum Gasteiger partial charge on any atom is 0.332 e. The van der Waals surface area contributed by atoms with E-state index in [0.29, 0.717) is 0 Å². The van der Waals surface area contributed by atoms with Crippen LogP contribution >= 0.6 is 0 Å². The summed E-state index contributed by atoms with van der Waals surface area (Å²) in [7, 11) is 0. The van der Waals surface area contributed by atoms with Crippen LogP contribution in [0.1, 0.15) is 24.8 Å². The number of nitrogens with zero attached hydrogens (tertiary/aromatic N) is 1. The van der Waals surface area contributed by atoms with Crippen molar-refractivity contribution in [2.24, 2.45) is 10.8 Å². The molecule has 4 nitrogen and oxygen atoms in total. The van der Waals surface area contributed by atoms with E-state index in [9.17, 15) is 4.79 Å². The van der Waals surface area contributed by atoms with Crippen molar-refractivity contribution in [3.63, 3.8) is 0 Å². The Labute approximate surface area is 89.2 Å². The van der Waals surface area contributed by atoms with E-state index in [0.717, 1.165) is 6.42 Å². The summed E-state index contributed by atoms with van der Waals surface area (Å²) in [6, 6.07) is 9.35. The van der Waals surface area contributed by atoms with Crippen LogP contribution in [0, 0.1) is 0 Å². The molecule has 1 atom stereocenters. The fraction of sp³-hybridized carbons (Fsp3) is 0.273. The topological polar surface area (TPSA) is 67.5 Å². The Morgan fingerprint density at radius 2 is 2.20 bits per heavy atom. The standard InChI is InChI=1S/C11H15N3O/c1-2-9(8-13-14-11(12)15)10-6-4-3-5-7-10/h3-9H,2H2,1H3,(H3,12,14,15)/b13-8-. The lowest BCUT2D eigenvalue weighted by Gasteiger charge is -2.08. The first-order chi connectivity index (χ1) is 7.24. The lowest BCUT2D eigenvalue weighted by Crippen LogP contribution is -2.24. The van der Waals surface area contributed by atoms with Gasteiger partial charge in [0.15, 0.2) is 0 Å². The monoisotopic (exact) mass is 205 g/mol. The molecule has 0 aromatic heterocycles. The molecule has 80 valence electrons. The zero-order chi connectivity index (χ0) is 11.1. The Kier molecular flexibility index (Phi) is 4.34. The van der Waals surface area contributed by atoms with Crippen LogP contribution in [0.2, 0.25) is 0 Å². The minimum atomic E-state index is -0.644. The number of nitrogens with two attached hydrogens (primary N) is 1. The summed E-state index contributed by atoms with van der Waals surface area (Å²) in [5.41, 5.74) is 8.26. The molecule has 3 N–H and O–H groups in total. The van der Waals surface area contributed by atoms with Crippen molar-refractivity contribution in [2.75, 3.05) is 0 Å². The Morgan fingerprint density at radius 1 is 1.53 bits per heavy atom. The number of hydrogen-bond acceptors (Lipinski definition) is 2. The number of carbonyl (C=O) groups excluding carboxylic acids is 1. The van der Waals surface area contributed by atoms with Gasteiger partial charge in [-0.1, -0.05) is 37.3 Å². The van der Waals surface area contributed by atoms with E-state index in [-0.39, 0.29) is 5.92 Å². The Hall–Kier alpha value is -1.84. The largest absolute Gasteiger partial charge is 0.350 e. The molecule has 1 aromatic carbocycles. The Balaban J connectivity index is 2.64. The van der Waals surface area contributed by atoms with Crippen molar-refractivity contribution < 1.29 is 4.79 Å². The van der Waals surface area contributed by atoms with Gasteiger partial charge < -0.3 is 5.73 Å². The highest BCUT2D eigenvalue weighted by Gasteiger charge is 2.04. The zero-order valence-corrected chi connectivity index (χ0v) is 8.68. The van der Waals surface area contributed by atoms with Crippen LogP contribution in [0.3, 0.4) is 0 Å². The Morgan fingerprint density at radius 3 is 2.73 bits per heavy atom. The second-order valence-electron chi connectivity index (χ2n) is 3.18. The van der Waals surface area contributed by atoms with Crippen molar-refractivity contribution in [3.8, 4) is 0 Å². The van der Waals surface area contributed by atoms with E-state index in [2.05, 4.69) is 17.5 Å². The number of carbonyl (C=O) groups is 1. The van der Waals surface area contributed by atoms with Crippen LogP contribution in [0.4, 0.5) is 4.79 Å². The predicted octanol–water partition coefficient (Wildman–Crippen LogP) is 1.83. The molecule has 0 aliphatic rings. The molecule has 0 spiro atoms. The van der Waals surface area contributed by atoms with Gasteiger partial charge in [-0.3, -0.25) is 0 Å². The molecule has 0 saturated heterocycles. The fourth-order valence-corrected chi connectivity index (χ4v) is 1.32. The molecule has 1 unspecified atom stereocenters. The number of rotatable bonds is 4. The highest BCUT2D eigenvalue weighted by Crippen LogP contribution is 2.16. The lowest BCUT2D eigenvalue weighted by atomic mass is 9.98. The average Bonchev–Trinajstić information content (AvgIpc) is 2.25. The molecular formula is C11H15N3O. The molecule has 2 amide bonds. The summed E-state index contributed by atoms with van der Waals surface area (Å²) in [5.74, 6) is 0.207. The third-order valence-electron chi connectivity index (χ3n) is 2.10. The highest BCUT2D eigenvalue weighted by molar-refractivity contribution is 5.74. The van der Waals surface area contributed by atoms with Crippen molar-refractivity contribution in [1.29, 1.82) is 0 Å². The van der Waals surface area contributed by atoms with Crippen LogP contribution in [-0.4, -0.2) is 12.2 Å². The van der Waals surface area contributed by atoms with E-state index in [1.54, 1.807) is 6.21 Å². The van der Waals surface area contributed by atoms with E-state index in [4.69, 9.17) is 5.73 Å². The first kappa shape index (κ1) is 11.2. The van der Waals surface area contributed by atoms with Crippen molar-refractivity contribution >= 4 is 12.2 Å². The first-order valence-corrected chi connectivity index (χ1v) is 4.87. The van der Waals surface area contributed by atoms with E-state index in [1.807, 2.05) is 30.3 Å². The van der Waals surface area contributed by atoms with Gasteiger partial charge in [-0.15, -0.1) is 0 Å². The number of hydrogen-bond donors (Lipinski definition) is 2. The van der Waals surface area contributed by atoms with Crippen LogP contribution in [0.25, 0.3) is 0 Å². The van der Waals surface area contributed by atoms with Crippen LogP contribution in [0.15, 0.2) is 35.4 Å². The smallest absolute Gasteiger partial charge is 0.332 e. The number of nitrogens with one attached hydrogen (secondary N) is 1. The molecule has 1 rings (SSSR count). The molecule has 0 radical (unpaired) electrons. The molecule has 0 heterocycles. The first-order valence-electron chi connectivity index (χ1n) is 4.87. The average molecular weight is 205 g/mol. The summed E-state index contributed by atoms with van der Waals surface area (Å²) in [6.45, 7) is 2.06. The van der Waals surface area contributed by atoms with Crippen LogP contribution < -0.4 is 11.2 Å². The van der Waals surface area contributed by atoms with E-state index >= 15 is 0 Å². The normalized spacial score (nSPS) is 12.6. The number of primary amides is 1. The molecule has 0 bridgehead atoms. The summed E-state index contributed by atoms with van der Waals surface area (Å²) >= 11 is 0. The van der Waals surface area contributed by atoms with Gasteiger partial charge in [-0.05, 0) is 12.0 Å². The molecular weight excluding hydrogens is 190 g/mol. The lowest BCUT2D eigenvalue weighted by molar-refractivity contribution is 0.249. The van der Waals surface area contributed by atoms with Gasteiger partial charge in [0.1, 0.15) is 0 Å². The molecule has 0 aliphatic carbocycles. The van der Waals surface area contributed by atoms with Gasteiger partial charge in [-0.2, -0.15) is 5.10 Å². The fourth-order valence-electron chi connectivity index (χ4n) is 1.32. The Bertz CT molecular complexity index is 335. The van der Waals surface area contributed by atoms with Gasteiger partial charge in [0.25, 0.3) is 0 Å². The maximum absolute atomic E-state index is 10.4. The molecule has 1 aromatic rings. The third kappa shape index (κ3) is 3.81. The maximum atomic E-state index is 10.4. The van der Waals surface area contributed by atoms with Crippen molar-refractivity contribution in [1.82, 2.24) is 5.43 Å². The van der Waals surface area contributed by atoms with Gasteiger partial charge in [0.2, 0.25) is 0 Å². The zero-order valence-electron chi connectivity index (χ0n) is 8.68. The second kappa shape index (κ2) is 5.80. The quantitative estimate of drug-likeness (QED) is 0.571. The van der Waals surface area contributed by atoms with Crippen molar-refractivity contribution in [3.05, 3.63) is 35.9 Å². The summed E-state index contributed by atoms with van der Waals surface area (Å²) in [5, 5.41) is 3.77. The minimum absolute atomic E-state index is 0.207. The number of benzene rings is 1. The van der Waals surface area contributed by atoms with Crippen LogP contribution in [0.5, 0.6) is 0 Å². The molecule has 0 saturated carbocycles. The molecule has 0 fully saturated rings. The van der Waals surface area contributed by atoms with Gasteiger partial charge in [0.05, 0.1) is 0 Å². The molecule has 4 heteroatoms. The summed E-state index contributed by atoms with van der Waals surface area (Å²) in [6.07, 6.45) is 2.62. The predicted molar refractivity (Wildman–Crippen MR) is 60.7 cm³/mol. The number of hydrazone groups is 1. The van der Waals surface area contributed by atoms with Gasteiger partial charge in [-0.25, -0.2) is 10.2 Å². The minimum Gasteiger partial charge on any atom is -0.350 e. The van der Waals surface area contributed by atoms with Crippen molar-refractivity contribution in [2.45, 2.75) is 19.3 Å². The highest BCUT2D eigenvalue weighted by atomic mass is 16.2. The number of amides is 2. The van der Waals surface area contributed by atoms with Gasteiger partial charge >= 0.3 is 6.03 Å². The molecule has 0 aliphatic heterocycles. The van der Waals surface area contributed by atoms with Gasteiger partial charge in [0, 0.05) is 12.1 Å². The summed E-state index contributed by atoms with van der Waals surface area (Å²) < 4.78 is 0. The number of urea groups is 1. The summed E-state index contributed by atoms with van der Waals surface area (Å²) in [4.78, 5) is 10.4. The third-order valence-corrected chi connectivity index (χ3v) is 2.10.